The minimum absolute atomic E-state index is 0.155. The highest BCUT2D eigenvalue weighted by atomic mass is 32.2. The second-order valence-electron chi connectivity index (χ2n) is 13.9. The molecule has 1 aliphatic rings. The minimum atomic E-state index is -3.83. The number of nitrogens with zero attached hydrogens (tertiary/aromatic N) is 4. The van der Waals surface area contributed by atoms with Crippen LogP contribution in [0.2, 0.25) is 0 Å². The zero-order chi connectivity index (χ0) is 37.5. The molecule has 53 heavy (non-hydrogen) atoms. The predicted molar refractivity (Wildman–Crippen MR) is 210 cm³/mol. The third-order valence-electron chi connectivity index (χ3n) is 10.0. The summed E-state index contributed by atoms with van der Waals surface area (Å²) in [5, 5.41) is 17.2. The molecule has 5 aromatic rings. The van der Waals surface area contributed by atoms with Gasteiger partial charge in [0.05, 0.1) is 29.7 Å². The van der Waals surface area contributed by atoms with Crippen molar-refractivity contribution in [1.82, 2.24) is 19.6 Å². The number of aliphatic hydroxyl groups excluding tert-OH is 1. The number of unbranched alkanes of at least 4 members (excludes halogenated alkanes) is 2. The first kappa shape index (κ1) is 37.7. The number of benzene rings is 4. The van der Waals surface area contributed by atoms with Crippen LogP contribution >= 0.6 is 0 Å². The highest BCUT2D eigenvalue weighted by Gasteiger charge is 2.32. The van der Waals surface area contributed by atoms with Crippen LogP contribution in [-0.2, 0) is 29.4 Å². The molecule has 0 bridgehead atoms. The zero-order valence-corrected chi connectivity index (χ0v) is 31.6. The van der Waals surface area contributed by atoms with Gasteiger partial charge in [-0.05, 0) is 84.3 Å². The van der Waals surface area contributed by atoms with Crippen molar-refractivity contribution in [3.8, 4) is 5.69 Å². The summed E-state index contributed by atoms with van der Waals surface area (Å²) >= 11 is 0. The van der Waals surface area contributed by atoms with Crippen molar-refractivity contribution in [2.24, 2.45) is 0 Å². The van der Waals surface area contributed by atoms with E-state index in [1.165, 1.54) is 0 Å². The Morgan fingerprint density at radius 3 is 2.34 bits per heavy atom. The van der Waals surface area contributed by atoms with E-state index in [1.54, 1.807) is 33.8 Å². The number of aliphatic hydroxyl groups is 1. The van der Waals surface area contributed by atoms with Gasteiger partial charge in [-0.15, -0.1) is 0 Å². The first-order chi connectivity index (χ1) is 25.6. The average molecular weight is 736 g/mol. The van der Waals surface area contributed by atoms with E-state index in [9.17, 15) is 23.1 Å². The van der Waals surface area contributed by atoms with Crippen LogP contribution in [0.5, 0.6) is 0 Å². The van der Waals surface area contributed by atoms with Crippen molar-refractivity contribution in [1.29, 1.82) is 0 Å². The summed E-state index contributed by atoms with van der Waals surface area (Å²) in [7, 11) is -3.83. The molecule has 0 saturated carbocycles. The van der Waals surface area contributed by atoms with Crippen molar-refractivity contribution in [2.45, 2.75) is 71.9 Å². The highest BCUT2D eigenvalue weighted by Crippen LogP contribution is 2.29. The smallest absolute Gasteiger partial charge is 0.274 e. The van der Waals surface area contributed by atoms with Crippen molar-refractivity contribution in [2.75, 3.05) is 30.2 Å². The summed E-state index contributed by atoms with van der Waals surface area (Å²) in [6.45, 7) is 7.34. The molecule has 278 valence electrons. The van der Waals surface area contributed by atoms with Crippen LogP contribution in [0, 0.1) is 6.92 Å². The summed E-state index contributed by atoms with van der Waals surface area (Å²) in [5.41, 5.74) is 4.78. The quantitative estimate of drug-likeness (QED) is 0.120. The summed E-state index contributed by atoms with van der Waals surface area (Å²) in [6, 6.07) is 27.7. The van der Waals surface area contributed by atoms with Crippen LogP contribution in [-0.4, -0.2) is 76.4 Å². The van der Waals surface area contributed by atoms with E-state index in [1.807, 2.05) is 78.6 Å². The molecule has 2 heterocycles. The molecule has 0 saturated heterocycles. The molecule has 2 N–H and O–H groups in total. The van der Waals surface area contributed by atoms with Crippen molar-refractivity contribution >= 4 is 38.3 Å². The number of sulfonamides is 1. The number of nitrogens with one attached hydrogen (secondary N) is 1. The number of hydrogen-bond donors (Lipinski definition) is 2. The lowest BCUT2D eigenvalue weighted by Gasteiger charge is -2.36. The van der Waals surface area contributed by atoms with E-state index in [0.717, 1.165) is 53.1 Å². The summed E-state index contributed by atoms with van der Waals surface area (Å²) < 4.78 is 31.4. The van der Waals surface area contributed by atoms with Crippen molar-refractivity contribution < 1.29 is 23.1 Å². The maximum atomic E-state index is 14.6. The number of aromatic nitrogens is 2. The molecule has 4 aromatic carbocycles. The molecule has 0 spiro atoms. The zero-order valence-electron chi connectivity index (χ0n) is 30.8. The van der Waals surface area contributed by atoms with Gasteiger partial charge in [0.25, 0.3) is 11.8 Å². The number of aryl methyl sites for hydroxylation is 2. The lowest BCUT2D eigenvalue weighted by molar-refractivity contribution is 0.0544. The maximum absolute atomic E-state index is 14.6. The van der Waals surface area contributed by atoms with Crippen LogP contribution in [0.25, 0.3) is 16.5 Å². The Kier molecular flexibility index (Phi) is 11.9. The van der Waals surface area contributed by atoms with Crippen LogP contribution in [0.15, 0.2) is 91.0 Å². The van der Waals surface area contributed by atoms with Crippen LogP contribution in [0.1, 0.15) is 82.8 Å². The number of fused-ring (bicyclic) bond motifs is 2. The SMILES string of the molecule is CCCCN(CCCC)C(=O)c1cc(C)n(-c2ccc(NS(=O)(=O)CCc3cccc4ccccc34)cc2C(=O)N2Cc3ccccc3C[C@H]2CO)n1. The van der Waals surface area contributed by atoms with Gasteiger partial charge in [0.1, 0.15) is 0 Å². The molecule has 1 atom stereocenters. The fraction of sp³-hybridized carbons (Fsp3) is 0.357. The van der Waals surface area contributed by atoms with Crippen LogP contribution in [0.4, 0.5) is 5.69 Å². The Balaban J connectivity index is 1.34. The number of rotatable bonds is 15. The summed E-state index contributed by atoms with van der Waals surface area (Å²) in [6.07, 6.45) is 4.49. The first-order valence-electron chi connectivity index (χ1n) is 18.6. The fourth-order valence-electron chi connectivity index (χ4n) is 7.08. The second kappa shape index (κ2) is 16.8. The largest absolute Gasteiger partial charge is 0.394 e. The molecule has 0 unspecified atom stereocenters. The molecule has 1 aliphatic heterocycles. The van der Waals surface area contributed by atoms with Crippen molar-refractivity contribution in [3.63, 3.8) is 0 Å². The molecular weight excluding hydrogens is 687 g/mol. The topological polar surface area (TPSA) is 125 Å². The molecule has 0 radical (unpaired) electrons. The van der Waals surface area contributed by atoms with Gasteiger partial charge in [0.15, 0.2) is 5.69 Å². The maximum Gasteiger partial charge on any atom is 0.274 e. The van der Waals surface area contributed by atoms with Gasteiger partial charge >= 0.3 is 0 Å². The van der Waals surface area contributed by atoms with E-state index < -0.39 is 16.1 Å². The normalized spacial score (nSPS) is 14.3. The number of amides is 2. The van der Waals surface area contributed by atoms with Gasteiger partial charge in [-0.2, -0.15) is 5.10 Å². The van der Waals surface area contributed by atoms with E-state index in [0.29, 0.717) is 37.3 Å². The molecule has 2 amide bonds. The Morgan fingerprint density at radius 1 is 0.906 bits per heavy atom. The van der Waals surface area contributed by atoms with Gasteiger partial charge in [0, 0.05) is 31.0 Å². The van der Waals surface area contributed by atoms with Crippen molar-refractivity contribution in [3.05, 3.63) is 125 Å². The third-order valence-corrected chi connectivity index (χ3v) is 11.3. The standard InChI is InChI=1S/C42H49N5O5S/c1-4-6-22-45(23-7-5-2)42(50)39-25-30(3)47(43-39)40-20-19-35(44-53(51,52)24-21-32-17-12-16-31-13-10-11-18-37(31)32)27-38(40)41(49)46-28-34-15-9-8-14-33(34)26-36(46)29-48/h8-20,25,27,36,44,48H,4-7,21-24,26,28-29H2,1-3H3/t36-/m0/s1. The second-order valence-corrected chi connectivity index (χ2v) is 15.7. The third kappa shape index (κ3) is 8.63. The summed E-state index contributed by atoms with van der Waals surface area (Å²) in [5.74, 6) is -0.691. The molecular formula is C42H49N5O5S. The molecule has 0 aliphatic carbocycles. The monoisotopic (exact) mass is 735 g/mol. The molecule has 10 nitrogen and oxygen atoms in total. The number of carbonyl (C=O) groups is 2. The number of carbonyl (C=O) groups excluding carboxylic acids is 2. The molecule has 6 rings (SSSR count). The van der Waals surface area contributed by atoms with E-state index in [-0.39, 0.29) is 47.7 Å². The molecule has 1 aromatic heterocycles. The Bertz CT molecular complexity index is 2180. The van der Waals surface area contributed by atoms with E-state index in [4.69, 9.17) is 5.10 Å². The minimum Gasteiger partial charge on any atom is -0.394 e. The van der Waals surface area contributed by atoms with Gasteiger partial charge in [-0.3, -0.25) is 14.3 Å². The highest BCUT2D eigenvalue weighted by molar-refractivity contribution is 7.92. The Hall–Kier alpha value is -5.00. The molecule has 11 heteroatoms. The van der Waals surface area contributed by atoms with Gasteiger partial charge in [0.2, 0.25) is 10.0 Å². The summed E-state index contributed by atoms with van der Waals surface area (Å²) in [4.78, 5) is 31.9. The van der Waals surface area contributed by atoms with Gasteiger partial charge in [-0.1, -0.05) is 93.4 Å². The van der Waals surface area contributed by atoms with Gasteiger partial charge in [-0.25, -0.2) is 13.1 Å². The average Bonchev–Trinajstić information content (AvgIpc) is 3.56. The Labute approximate surface area is 312 Å². The first-order valence-corrected chi connectivity index (χ1v) is 20.2. The lowest BCUT2D eigenvalue weighted by Crippen LogP contribution is -2.46. The fourth-order valence-corrected chi connectivity index (χ4v) is 8.16. The van der Waals surface area contributed by atoms with Crippen LogP contribution in [0.3, 0.4) is 0 Å². The van der Waals surface area contributed by atoms with Gasteiger partial charge < -0.3 is 14.9 Å². The molecule has 0 fully saturated rings. The number of anilines is 1. The lowest BCUT2D eigenvalue weighted by atomic mass is 9.93. The Morgan fingerprint density at radius 2 is 1.60 bits per heavy atom. The van der Waals surface area contributed by atoms with E-state index >= 15 is 0 Å². The van der Waals surface area contributed by atoms with E-state index in [2.05, 4.69) is 18.6 Å². The number of hydrogen-bond acceptors (Lipinski definition) is 6. The van der Waals surface area contributed by atoms with Crippen LogP contribution < -0.4 is 4.72 Å². The predicted octanol–water partition coefficient (Wildman–Crippen LogP) is 6.92.